The maximum absolute atomic E-state index is 12.3. The van der Waals surface area contributed by atoms with Gasteiger partial charge in [0.25, 0.3) is 0 Å². The van der Waals surface area contributed by atoms with Crippen molar-refractivity contribution >= 4 is 27.8 Å². The molecule has 0 saturated carbocycles. The van der Waals surface area contributed by atoms with Crippen LogP contribution in [0.1, 0.15) is 10.0 Å². The van der Waals surface area contributed by atoms with E-state index < -0.39 is 11.2 Å². The molecular formula is C8H7F3N4S2. The predicted molar refractivity (Wildman–Crippen MR) is 59.1 cm³/mol. The molecule has 4 nitrogen and oxygen atoms in total. The third-order valence-corrected chi connectivity index (χ3v) is 3.69. The van der Waals surface area contributed by atoms with E-state index in [4.69, 9.17) is 0 Å². The lowest BCUT2D eigenvalue weighted by Crippen LogP contribution is -2.15. The van der Waals surface area contributed by atoms with Crippen molar-refractivity contribution in [3.63, 3.8) is 0 Å². The van der Waals surface area contributed by atoms with Gasteiger partial charge in [0, 0.05) is 18.6 Å². The van der Waals surface area contributed by atoms with Crippen LogP contribution in [-0.4, -0.2) is 22.2 Å². The molecule has 0 unspecified atom stereocenters. The molecule has 0 radical (unpaired) electrons. The zero-order chi connectivity index (χ0) is 12.5. The highest BCUT2D eigenvalue weighted by atomic mass is 32.1. The van der Waals surface area contributed by atoms with E-state index >= 15 is 0 Å². The fourth-order valence-corrected chi connectivity index (χ4v) is 2.43. The second-order valence-electron chi connectivity index (χ2n) is 3.17. The molecule has 0 aliphatic carbocycles. The van der Waals surface area contributed by atoms with Crippen LogP contribution in [-0.2, 0) is 12.7 Å². The average Bonchev–Trinajstić information content (AvgIpc) is 2.85. The molecule has 92 valence electrons. The van der Waals surface area contributed by atoms with Gasteiger partial charge in [-0.1, -0.05) is 11.3 Å². The van der Waals surface area contributed by atoms with Crippen LogP contribution in [0.2, 0.25) is 0 Å². The molecule has 2 heterocycles. The summed E-state index contributed by atoms with van der Waals surface area (Å²) in [5.41, 5.74) is 0. The number of thiazole rings is 1. The lowest BCUT2D eigenvalue weighted by Gasteiger charge is -2.12. The predicted octanol–water partition coefficient (Wildman–Crippen LogP) is 2.65. The molecule has 9 heteroatoms. The van der Waals surface area contributed by atoms with Gasteiger partial charge in [-0.25, -0.2) is 4.98 Å². The SMILES string of the molecule is CN(Cc1nccs1)c1nnc(C(F)(F)F)s1. The Bertz CT molecular complexity index is 479. The Morgan fingerprint density at radius 1 is 1.35 bits per heavy atom. The summed E-state index contributed by atoms with van der Waals surface area (Å²) in [6.45, 7) is 0.421. The van der Waals surface area contributed by atoms with Gasteiger partial charge in [0.1, 0.15) is 5.01 Å². The number of hydrogen-bond acceptors (Lipinski definition) is 6. The zero-order valence-electron chi connectivity index (χ0n) is 8.60. The maximum Gasteiger partial charge on any atom is 0.445 e. The third-order valence-electron chi connectivity index (χ3n) is 1.84. The van der Waals surface area contributed by atoms with Gasteiger partial charge in [-0.05, 0) is 0 Å². The van der Waals surface area contributed by atoms with E-state index in [2.05, 4.69) is 15.2 Å². The standard InChI is InChI=1S/C8H7F3N4S2/c1-15(4-5-12-2-3-16-5)7-14-13-6(17-7)8(9,10)11/h2-3H,4H2,1H3. The zero-order valence-corrected chi connectivity index (χ0v) is 10.2. The molecule has 2 rings (SSSR count). The van der Waals surface area contributed by atoms with Crippen LogP contribution in [0.3, 0.4) is 0 Å². The Kier molecular flexibility index (Phi) is 3.29. The number of hydrogen-bond donors (Lipinski definition) is 0. The van der Waals surface area contributed by atoms with Gasteiger partial charge < -0.3 is 4.90 Å². The fraction of sp³-hybridized carbons (Fsp3) is 0.375. The maximum atomic E-state index is 12.3. The molecule has 2 aromatic heterocycles. The normalized spacial score (nSPS) is 11.8. The fourth-order valence-electron chi connectivity index (χ4n) is 1.09. The summed E-state index contributed by atoms with van der Waals surface area (Å²) in [6, 6.07) is 0. The van der Waals surface area contributed by atoms with Crippen LogP contribution < -0.4 is 4.90 Å². The summed E-state index contributed by atoms with van der Waals surface area (Å²) in [6.07, 6.45) is -2.78. The lowest BCUT2D eigenvalue weighted by molar-refractivity contribution is -0.138. The van der Waals surface area contributed by atoms with Crippen molar-refractivity contribution in [3.05, 3.63) is 21.6 Å². The van der Waals surface area contributed by atoms with Crippen molar-refractivity contribution in [2.45, 2.75) is 12.7 Å². The summed E-state index contributed by atoms with van der Waals surface area (Å²) >= 11 is 1.97. The van der Waals surface area contributed by atoms with E-state index in [0.717, 1.165) is 5.01 Å². The van der Waals surface area contributed by atoms with Crippen molar-refractivity contribution in [3.8, 4) is 0 Å². The molecule has 0 aliphatic heterocycles. The number of aromatic nitrogens is 3. The highest BCUT2D eigenvalue weighted by molar-refractivity contribution is 7.15. The molecule has 0 bridgehead atoms. The quantitative estimate of drug-likeness (QED) is 0.866. The number of alkyl halides is 3. The van der Waals surface area contributed by atoms with Crippen LogP contribution in [0.25, 0.3) is 0 Å². The first-order valence-electron chi connectivity index (χ1n) is 4.47. The minimum atomic E-state index is -4.43. The Hall–Kier alpha value is -1.22. The van der Waals surface area contributed by atoms with Crippen molar-refractivity contribution in [1.29, 1.82) is 0 Å². The molecule has 0 spiro atoms. The van der Waals surface area contributed by atoms with Gasteiger partial charge in [-0.3, -0.25) is 0 Å². The molecule has 17 heavy (non-hydrogen) atoms. The monoisotopic (exact) mass is 280 g/mol. The van der Waals surface area contributed by atoms with E-state index in [0.29, 0.717) is 17.9 Å². The summed E-state index contributed by atoms with van der Waals surface area (Å²) in [5.74, 6) is 0. The number of halogens is 3. The Labute approximate surface area is 103 Å². The summed E-state index contributed by atoms with van der Waals surface area (Å²) in [7, 11) is 1.65. The van der Waals surface area contributed by atoms with Crippen molar-refractivity contribution in [2.24, 2.45) is 0 Å². The van der Waals surface area contributed by atoms with Crippen molar-refractivity contribution < 1.29 is 13.2 Å². The van der Waals surface area contributed by atoms with Gasteiger partial charge >= 0.3 is 6.18 Å². The second-order valence-corrected chi connectivity index (χ2v) is 5.10. The minimum Gasteiger partial charge on any atom is -0.343 e. The lowest BCUT2D eigenvalue weighted by atomic mass is 10.6. The average molecular weight is 280 g/mol. The molecule has 2 aromatic rings. The molecule has 0 amide bonds. The first-order chi connectivity index (χ1) is 7.97. The van der Waals surface area contributed by atoms with E-state index in [1.54, 1.807) is 18.1 Å². The molecule has 0 N–H and O–H groups in total. The van der Waals surface area contributed by atoms with E-state index in [-0.39, 0.29) is 5.13 Å². The topological polar surface area (TPSA) is 41.9 Å². The van der Waals surface area contributed by atoms with Crippen molar-refractivity contribution in [1.82, 2.24) is 15.2 Å². The molecular weight excluding hydrogens is 273 g/mol. The molecule has 0 aromatic carbocycles. The van der Waals surface area contributed by atoms with Gasteiger partial charge in [0.15, 0.2) is 0 Å². The Morgan fingerprint density at radius 2 is 2.12 bits per heavy atom. The smallest absolute Gasteiger partial charge is 0.343 e. The minimum absolute atomic E-state index is 0.229. The van der Waals surface area contributed by atoms with Crippen LogP contribution >= 0.6 is 22.7 Å². The van der Waals surface area contributed by atoms with Gasteiger partial charge in [0.05, 0.1) is 6.54 Å². The van der Waals surface area contributed by atoms with Gasteiger partial charge in [0.2, 0.25) is 10.1 Å². The van der Waals surface area contributed by atoms with E-state index in [1.807, 2.05) is 5.38 Å². The highest BCUT2D eigenvalue weighted by Gasteiger charge is 2.36. The summed E-state index contributed by atoms with van der Waals surface area (Å²) in [4.78, 5) is 5.64. The van der Waals surface area contributed by atoms with Crippen LogP contribution in [0.15, 0.2) is 11.6 Å². The van der Waals surface area contributed by atoms with Crippen LogP contribution in [0.4, 0.5) is 18.3 Å². The van der Waals surface area contributed by atoms with Crippen LogP contribution in [0.5, 0.6) is 0 Å². The third kappa shape index (κ3) is 2.91. The van der Waals surface area contributed by atoms with E-state index in [1.165, 1.54) is 11.3 Å². The van der Waals surface area contributed by atoms with Crippen LogP contribution in [0, 0.1) is 0 Å². The number of rotatable bonds is 3. The first kappa shape index (κ1) is 12.2. The highest BCUT2D eigenvalue weighted by Crippen LogP contribution is 2.34. The largest absolute Gasteiger partial charge is 0.445 e. The molecule has 0 fully saturated rings. The van der Waals surface area contributed by atoms with E-state index in [9.17, 15) is 13.2 Å². The number of nitrogens with zero attached hydrogens (tertiary/aromatic N) is 4. The molecule has 0 saturated heterocycles. The van der Waals surface area contributed by atoms with Gasteiger partial charge in [-0.15, -0.1) is 21.5 Å². The summed E-state index contributed by atoms with van der Waals surface area (Å²) in [5, 5.41) is 8.56. The Morgan fingerprint density at radius 3 is 2.65 bits per heavy atom. The molecule has 0 aliphatic rings. The summed E-state index contributed by atoms with van der Waals surface area (Å²) < 4.78 is 37.0. The van der Waals surface area contributed by atoms with Crippen molar-refractivity contribution in [2.75, 3.05) is 11.9 Å². The second kappa shape index (κ2) is 4.57. The van der Waals surface area contributed by atoms with Gasteiger partial charge in [-0.2, -0.15) is 13.2 Å². The first-order valence-corrected chi connectivity index (χ1v) is 6.16. The number of anilines is 1. The Balaban J connectivity index is 2.10. The molecule has 0 atom stereocenters.